The molecule has 2 atom stereocenters. The monoisotopic (exact) mass is 439 g/mol. The molecule has 1 saturated heterocycles. The molecule has 0 spiro atoms. The first kappa shape index (κ1) is 27.2. The average molecular weight is 440 g/mol. The molecular formula is C24H41NO6. The zero-order valence-corrected chi connectivity index (χ0v) is 20.1. The second kappa shape index (κ2) is 15.0. The van der Waals surface area contributed by atoms with Gasteiger partial charge in [-0.15, -0.1) is 0 Å². The van der Waals surface area contributed by atoms with Gasteiger partial charge in [-0.25, -0.2) is 0 Å². The normalized spacial score (nSPS) is 18.4. The van der Waals surface area contributed by atoms with Crippen LogP contribution in [0.5, 0.6) is 0 Å². The zero-order valence-electron chi connectivity index (χ0n) is 20.1. The Bertz CT molecular complexity index is 609. The summed E-state index contributed by atoms with van der Waals surface area (Å²) < 4.78 is 22.4. The Morgan fingerprint density at radius 1 is 1.13 bits per heavy atom. The smallest absolute Gasteiger partial charge is 0.230 e. The van der Waals surface area contributed by atoms with Gasteiger partial charge in [0.1, 0.15) is 18.1 Å². The summed E-state index contributed by atoms with van der Waals surface area (Å²) in [5, 5.41) is 0. The number of carbonyl (C=O) groups is 2. The molecule has 0 saturated carbocycles. The number of ketones is 1. The second-order valence-electron chi connectivity index (χ2n) is 7.61. The predicted octanol–water partition coefficient (Wildman–Crippen LogP) is 4.22. The van der Waals surface area contributed by atoms with Gasteiger partial charge in [0.15, 0.2) is 12.1 Å². The van der Waals surface area contributed by atoms with Crippen LogP contribution in [-0.4, -0.2) is 62.4 Å². The van der Waals surface area contributed by atoms with Gasteiger partial charge in [0.25, 0.3) is 0 Å². The van der Waals surface area contributed by atoms with E-state index in [0.717, 1.165) is 25.7 Å². The molecule has 178 valence electrons. The maximum Gasteiger partial charge on any atom is 0.230 e. The highest BCUT2D eigenvalue weighted by molar-refractivity contribution is 5.91. The van der Waals surface area contributed by atoms with Crippen molar-refractivity contribution < 1.29 is 28.5 Å². The number of hydrogen-bond donors (Lipinski definition) is 0. The first-order chi connectivity index (χ1) is 14.9. The molecule has 1 amide bonds. The molecule has 7 nitrogen and oxygen atoms in total. The fourth-order valence-corrected chi connectivity index (χ4v) is 3.52. The molecule has 0 N–H and O–H groups in total. The van der Waals surface area contributed by atoms with E-state index in [1.54, 1.807) is 11.0 Å². The largest absolute Gasteiger partial charge is 0.500 e. The van der Waals surface area contributed by atoms with Crippen LogP contribution >= 0.6 is 0 Å². The lowest BCUT2D eigenvalue weighted by Crippen LogP contribution is -2.42. The molecule has 0 aromatic carbocycles. The summed E-state index contributed by atoms with van der Waals surface area (Å²) in [4.78, 5) is 27.4. The van der Waals surface area contributed by atoms with Gasteiger partial charge in [-0.3, -0.25) is 9.59 Å². The van der Waals surface area contributed by atoms with Gasteiger partial charge in [-0.1, -0.05) is 20.8 Å². The summed E-state index contributed by atoms with van der Waals surface area (Å²) in [5.41, 5.74) is 0. The molecule has 1 heterocycles. The van der Waals surface area contributed by atoms with Crippen molar-refractivity contribution in [2.24, 2.45) is 5.92 Å². The number of hydrogen-bond acceptors (Lipinski definition) is 6. The van der Waals surface area contributed by atoms with E-state index in [-0.39, 0.29) is 36.7 Å². The molecule has 0 aromatic heterocycles. The fraction of sp³-hybridized carbons (Fsp3) is 0.750. The first-order valence-electron chi connectivity index (χ1n) is 11.5. The lowest BCUT2D eigenvalue weighted by Gasteiger charge is -2.26. The standard InChI is InChI=1S/C24H41NO6/c1-7-12-19(31-17-23(29-9-3)30-10-4)15-20(28-6)16-22(26)25-14-11-13-21(25)24(27)18(5)8-2/h12,15,18,21,23H,7-11,13-14,16-17H2,1-6H3/b19-12-,20-15-. The minimum Gasteiger partial charge on any atom is -0.500 e. The van der Waals surface area contributed by atoms with Crippen LogP contribution in [0.1, 0.15) is 66.7 Å². The summed E-state index contributed by atoms with van der Waals surface area (Å²) in [6.45, 7) is 11.7. The Hall–Kier alpha value is -1.86. The minimum absolute atomic E-state index is 0.0352. The quantitative estimate of drug-likeness (QED) is 0.216. The van der Waals surface area contributed by atoms with Crippen molar-refractivity contribution in [2.45, 2.75) is 79.1 Å². The zero-order chi connectivity index (χ0) is 23.2. The molecule has 0 bridgehead atoms. The van der Waals surface area contributed by atoms with E-state index in [0.29, 0.717) is 31.3 Å². The first-order valence-corrected chi connectivity index (χ1v) is 11.5. The summed E-state index contributed by atoms with van der Waals surface area (Å²) >= 11 is 0. The Labute approximate surface area is 187 Å². The molecule has 31 heavy (non-hydrogen) atoms. The van der Waals surface area contributed by atoms with E-state index >= 15 is 0 Å². The molecule has 0 aliphatic carbocycles. The van der Waals surface area contributed by atoms with Crippen LogP contribution in [0.4, 0.5) is 0 Å². The van der Waals surface area contributed by atoms with Crippen LogP contribution in [0.2, 0.25) is 0 Å². The molecule has 0 radical (unpaired) electrons. The third-order valence-corrected chi connectivity index (χ3v) is 5.39. The lowest BCUT2D eigenvalue weighted by atomic mass is 9.96. The highest BCUT2D eigenvalue weighted by atomic mass is 16.7. The average Bonchev–Trinajstić information content (AvgIpc) is 3.26. The van der Waals surface area contributed by atoms with Crippen LogP contribution in [-0.2, 0) is 28.5 Å². The van der Waals surface area contributed by atoms with E-state index in [9.17, 15) is 9.59 Å². The van der Waals surface area contributed by atoms with E-state index in [1.165, 1.54) is 7.11 Å². The number of likely N-dealkylation sites (tertiary alicyclic amines) is 1. The Morgan fingerprint density at radius 2 is 1.81 bits per heavy atom. The summed E-state index contributed by atoms with van der Waals surface area (Å²) in [7, 11) is 1.54. The van der Waals surface area contributed by atoms with Crippen LogP contribution < -0.4 is 0 Å². The van der Waals surface area contributed by atoms with Gasteiger partial charge >= 0.3 is 0 Å². The van der Waals surface area contributed by atoms with Crippen molar-refractivity contribution in [3.05, 3.63) is 23.7 Å². The van der Waals surface area contributed by atoms with Crippen molar-refractivity contribution in [2.75, 3.05) is 33.5 Å². The predicted molar refractivity (Wildman–Crippen MR) is 120 cm³/mol. The number of ether oxygens (including phenoxy) is 4. The van der Waals surface area contributed by atoms with E-state index in [2.05, 4.69) is 0 Å². The Balaban J connectivity index is 2.83. The number of allylic oxidation sites excluding steroid dienone is 2. The third kappa shape index (κ3) is 9.03. The third-order valence-electron chi connectivity index (χ3n) is 5.39. The Morgan fingerprint density at radius 3 is 2.35 bits per heavy atom. The van der Waals surface area contributed by atoms with Gasteiger partial charge in [0.05, 0.1) is 19.6 Å². The lowest BCUT2D eigenvalue weighted by molar-refractivity contribution is -0.159. The molecule has 2 unspecified atom stereocenters. The molecule has 1 rings (SSSR count). The van der Waals surface area contributed by atoms with Crippen LogP contribution in [0.25, 0.3) is 0 Å². The van der Waals surface area contributed by atoms with E-state index < -0.39 is 6.29 Å². The summed E-state index contributed by atoms with van der Waals surface area (Å²) in [5.74, 6) is 1.13. The van der Waals surface area contributed by atoms with Crippen LogP contribution in [0, 0.1) is 5.92 Å². The number of Topliss-reactive ketones (excluding diaryl/α,β-unsaturated/α-hetero) is 1. The summed E-state index contributed by atoms with van der Waals surface area (Å²) in [6, 6.07) is -0.319. The van der Waals surface area contributed by atoms with Crippen LogP contribution in [0.3, 0.4) is 0 Å². The van der Waals surface area contributed by atoms with Gasteiger partial charge in [0, 0.05) is 31.8 Å². The van der Waals surface area contributed by atoms with Crippen molar-refractivity contribution in [3.8, 4) is 0 Å². The van der Waals surface area contributed by atoms with Gasteiger partial charge < -0.3 is 23.8 Å². The summed E-state index contributed by atoms with van der Waals surface area (Å²) in [6.07, 6.45) is 6.43. The maximum absolute atomic E-state index is 13.0. The van der Waals surface area contributed by atoms with Gasteiger partial charge in [-0.2, -0.15) is 0 Å². The second-order valence-corrected chi connectivity index (χ2v) is 7.61. The molecule has 7 heteroatoms. The van der Waals surface area contributed by atoms with Crippen LogP contribution in [0.15, 0.2) is 23.7 Å². The highest BCUT2D eigenvalue weighted by Gasteiger charge is 2.35. The minimum atomic E-state index is -0.451. The van der Waals surface area contributed by atoms with Gasteiger partial charge in [0.2, 0.25) is 5.91 Å². The van der Waals surface area contributed by atoms with E-state index in [4.69, 9.17) is 18.9 Å². The van der Waals surface area contributed by atoms with Crippen molar-refractivity contribution in [1.29, 1.82) is 0 Å². The topological polar surface area (TPSA) is 74.3 Å². The molecule has 1 fully saturated rings. The van der Waals surface area contributed by atoms with E-state index in [1.807, 2.05) is 40.7 Å². The van der Waals surface area contributed by atoms with Crippen molar-refractivity contribution >= 4 is 11.7 Å². The number of methoxy groups -OCH3 is 1. The van der Waals surface area contributed by atoms with Crippen molar-refractivity contribution in [3.63, 3.8) is 0 Å². The number of nitrogens with zero attached hydrogens (tertiary/aromatic N) is 1. The number of amides is 1. The van der Waals surface area contributed by atoms with Gasteiger partial charge in [-0.05, 0) is 45.6 Å². The maximum atomic E-state index is 13.0. The number of carbonyl (C=O) groups excluding carboxylic acids is 2. The number of rotatable bonds is 15. The Kier molecular flexibility index (Phi) is 13.2. The highest BCUT2D eigenvalue weighted by Crippen LogP contribution is 2.24. The SMILES string of the molecule is CC/C=C(/C=C(/CC(=O)N1CCCC1C(=O)C(C)CC)OC)OCC(OCC)OCC. The molecular weight excluding hydrogens is 398 g/mol. The fourth-order valence-electron chi connectivity index (χ4n) is 3.52. The molecule has 0 aromatic rings. The van der Waals surface area contributed by atoms with Crippen molar-refractivity contribution in [1.82, 2.24) is 4.90 Å². The molecule has 1 aliphatic heterocycles. The molecule has 1 aliphatic rings.